The monoisotopic (exact) mass is 356 g/mol. The Morgan fingerprint density at radius 3 is 2.31 bits per heavy atom. The zero-order chi connectivity index (χ0) is 18.6. The predicted octanol–water partition coefficient (Wildman–Crippen LogP) is 4.76. The molecular weight excluding hydrogens is 320 g/mol. The molecule has 3 nitrogen and oxygen atoms in total. The molecule has 0 spiro atoms. The molecule has 1 N–H and O–H groups in total. The van der Waals surface area contributed by atoms with Crippen LogP contribution in [-0.2, 0) is 5.41 Å². The van der Waals surface area contributed by atoms with Crippen LogP contribution in [0.4, 0.5) is 0 Å². The Labute approximate surface area is 159 Å². The van der Waals surface area contributed by atoms with Gasteiger partial charge in [-0.3, -0.25) is 4.79 Å². The summed E-state index contributed by atoms with van der Waals surface area (Å²) >= 11 is 0. The van der Waals surface area contributed by atoms with Gasteiger partial charge in [0.2, 0.25) is 0 Å². The van der Waals surface area contributed by atoms with Gasteiger partial charge >= 0.3 is 0 Å². The Balaban J connectivity index is 1.60. The lowest BCUT2D eigenvalue weighted by atomic mass is 9.83. The summed E-state index contributed by atoms with van der Waals surface area (Å²) in [6, 6.07) is 8.50. The van der Waals surface area contributed by atoms with Crippen LogP contribution in [0.5, 0.6) is 0 Å². The van der Waals surface area contributed by atoms with Gasteiger partial charge in [0.05, 0.1) is 0 Å². The summed E-state index contributed by atoms with van der Waals surface area (Å²) in [5.74, 6) is 0.709. The molecule has 3 rings (SSSR count). The van der Waals surface area contributed by atoms with Crippen LogP contribution in [0.1, 0.15) is 81.6 Å². The second-order valence-electron chi connectivity index (χ2n) is 9.31. The smallest absolute Gasteiger partial charge is 0.251 e. The van der Waals surface area contributed by atoms with E-state index in [4.69, 9.17) is 0 Å². The normalized spacial score (nSPS) is 25.0. The number of carbonyl (C=O) groups is 1. The highest BCUT2D eigenvalue weighted by Gasteiger charge is 2.29. The number of amides is 1. The van der Waals surface area contributed by atoms with E-state index in [9.17, 15) is 4.79 Å². The van der Waals surface area contributed by atoms with Crippen LogP contribution in [0, 0.1) is 5.92 Å². The maximum absolute atomic E-state index is 12.8. The third-order valence-electron chi connectivity index (χ3n) is 6.18. The lowest BCUT2D eigenvalue weighted by Gasteiger charge is -2.37. The zero-order valence-corrected chi connectivity index (χ0v) is 16.9. The first-order valence-corrected chi connectivity index (χ1v) is 10.6. The van der Waals surface area contributed by atoms with Crippen LogP contribution in [0.2, 0.25) is 0 Å². The maximum atomic E-state index is 12.8. The Morgan fingerprint density at radius 1 is 1.00 bits per heavy atom. The molecule has 2 atom stereocenters. The van der Waals surface area contributed by atoms with Crippen molar-refractivity contribution in [3.63, 3.8) is 0 Å². The molecule has 1 heterocycles. The van der Waals surface area contributed by atoms with E-state index in [1.165, 1.54) is 57.2 Å². The minimum absolute atomic E-state index is 0.0982. The quantitative estimate of drug-likeness (QED) is 0.843. The van der Waals surface area contributed by atoms with Crippen molar-refractivity contribution in [2.75, 3.05) is 19.6 Å². The standard InChI is InChI=1S/C23H36N2O/c1-23(2,3)20-13-11-18(12-14-20)22(26)24-21-10-6-5-9-19(21)17-25-15-7-4-8-16-25/h11-14,19,21H,4-10,15-17H2,1-3H3,(H,24,26)/t19-,21?/m0/s1. The van der Waals surface area contributed by atoms with E-state index < -0.39 is 0 Å². The molecule has 1 amide bonds. The van der Waals surface area contributed by atoms with E-state index in [1.54, 1.807) is 0 Å². The van der Waals surface area contributed by atoms with Crippen LogP contribution in [0.15, 0.2) is 24.3 Å². The molecule has 26 heavy (non-hydrogen) atoms. The molecule has 0 bridgehead atoms. The van der Waals surface area contributed by atoms with Crippen molar-refractivity contribution < 1.29 is 4.79 Å². The van der Waals surface area contributed by atoms with E-state index in [1.807, 2.05) is 12.1 Å². The molecule has 2 fully saturated rings. The van der Waals surface area contributed by atoms with Crippen LogP contribution in [0.3, 0.4) is 0 Å². The van der Waals surface area contributed by atoms with Crippen LogP contribution in [-0.4, -0.2) is 36.5 Å². The van der Waals surface area contributed by atoms with E-state index in [-0.39, 0.29) is 11.3 Å². The number of rotatable bonds is 4. The van der Waals surface area contributed by atoms with Gasteiger partial charge in [-0.15, -0.1) is 0 Å². The Kier molecular flexibility index (Phi) is 6.39. The second-order valence-corrected chi connectivity index (χ2v) is 9.31. The summed E-state index contributed by atoms with van der Waals surface area (Å²) in [6.07, 6.45) is 8.99. The number of likely N-dealkylation sites (tertiary alicyclic amines) is 1. The van der Waals surface area contributed by atoms with Gasteiger partial charge in [-0.05, 0) is 67.8 Å². The molecule has 2 aliphatic rings. The van der Waals surface area contributed by atoms with E-state index in [0.29, 0.717) is 12.0 Å². The average Bonchev–Trinajstić information content (AvgIpc) is 2.63. The minimum Gasteiger partial charge on any atom is -0.349 e. The number of piperidine rings is 1. The summed E-state index contributed by atoms with van der Waals surface area (Å²) in [5, 5.41) is 3.37. The summed E-state index contributed by atoms with van der Waals surface area (Å²) in [7, 11) is 0. The maximum Gasteiger partial charge on any atom is 0.251 e. The van der Waals surface area contributed by atoms with Gasteiger partial charge in [-0.25, -0.2) is 0 Å². The molecule has 1 aromatic carbocycles. The molecule has 3 heteroatoms. The number of carbonyl (C=O) groups excluding carboxylic acids is 1. The zero-order valence-electron chi connectivity index (χ0n) is 16.9. The lowest BCUT2D eigenvalue weighted by Crippen LogP contribution is -2.47. The molecule has 144 valence electrons. The Hall–Kier alpha value is -1.35. The third-order valence-corrected chi connectivity index (χ3v) is 6.18. The molecule has 1 unspecified atom stereocenters. The van der Waals surface area contributed by atoms with Crippen molar-refractivity contribution in [2.24, 2.45) is 5.92 Å². The lowest BCUT2D eigenvalue weighted by molar-refractivity contribution is 0.0877. The number of nitrogens with zero attached hydrogens (tertiary/aromatic N) is 1. The first kappa shape index (κ1) is 19.4. The molecule has 1 aliphatic heterocycles. The average molecular weight is 357 g/mol. The van der Waals surface area contributed by atoms with E-state index >= 15 is 0 Å². The highest BCUT2D eigenvalue weighted by Crippen LogP contribution is 2.27. The van der Waals surface area contributed by atoms with Crippen molar-refractivity contribution in [1.82, 2.24) is 10.2 Å². The molecular formula is C23H36N2O. The fourth-order valence-corrected chi connectivity index (χ4v) is 4.46. The van der Waals surface area contributed by atoms with Gasteiger partial charge in [0.15, 0.2) is 0 Å². The van der Waals surface area contributed by atoms with Gasteiger partial charge in [0, 0.05) is 18.2 Å². The van der Waals surface area contributed by atoms with E-state index in [2.05, 4.69) is 43.1 Å². The van der Waals surface area contributed by atoms with Crippen molar-refractivity contribution in [2.45, 2.75) is 77.2 Å². The fraction of sp³-hybridized carbons (Fsp3) is 0.696. The van der Waals surface area contributed by atoms with Crippen molar-refractivity contribution >= 4 is 5.91 Å². The molecule has 1 saturated heterocycles. The van der Waals surface area contributed by atoms with Gasteiger partial charge in [0.1, 0.15) is 0 Å². The van der Waals surface area contributed by atoms with Crippen molar-refractivity contribution in [3.8, 4) is 0 Å². The largest absolute Gasteiger partial charge is 0.349 e. The minimum atomic E-state index is 0.0982. The number of benzene rings is 1. The van der Waals surface area contributed by atoms with Crippen LogP contribution in [0.25, 0.3) is 0 Å². The molecule has 1 aromatic rings. The second kappa shape index (κ2) is 8.56. The number of hydrogen-bond acceptors (Lipinski definition) is 2. The molecule has 0 aromatic heterocycles. The highest BCUT2D eigenvalue weighted by atomic mass is 16.1. The van der Waals surface area contributed by atoms with Crippen molar-refractivity contribution in [3.05, 3.63) is 35.4 Å². The summed E-state index contributed by atoms with van der Waals surface area (Å²) in [4.78, 5) is 15.4. The predicted molar refractivity (Wildman–Crippen MR) is 109 cm³/mol. The summed E-state index contributed by atoms with van der Waals surface area (Å²) in [6.45, 7) is 10.3. The third kappa shape index (κ3) is 5.09. The van der Waals surface area contributed by atoms with Gasteiger partial charge < -0.3 is 10.2 Å². The first-order valence-electron chi connectivity index (χ1n) is 10.6. The Morgan fingerprint density at radius 2 is 1.65 bits per heavy atom. The number of nitrogens with one attached hydrogen (secondary N) is 1. The molecule has 0 radical (unpaired) electrons. The summed E-state index contributed by atoms with van der Waals surface area (Å²) < 4.78 is 0. The fourth-order valence-electron chi connectivity index (χ4n) is 4.46. The van der Waals surface area contributed by atoms with Gasteiger partial charge in [0.25, 0.3) is 5.91 Å². The SMILES string of the molecule is CC(C)(C)c1ccc(C(=O)NC2CCCC[C@H]2CN2CCCCC2)cc1. The van der Waals surface area contributed by atoms with Crippen LogP contribution < -0.4 is 5.32 Å². The van der Waals surface area contributed by atoms with E-state index in [0.717, 1.165) is 18.5 Å². The summed E-state index contributed by atoms with van der Waals surface area (Å²) in [5.41, 5.74) is 2.19. The highest BCUT2D eigenvalue weighted by molar-refractivity contribution is 5.94. The molecule has 1 aliphatic carbocycles. The molecule has 1 saturated carbocycles. The van der Waals surface area contributed by atoms with Gasteiger partial charge in [-0.2, -0.15) is 0 Å². The number of hydrogen-bond donors (Lipinski definition) is 1. The van der Waals surface area contributed by atoms with Gasteiger partial charge in [-0.1, -0.05) is 52.2 Å². The Bertz CT molecular complexity index is 581. The van der Waals surface area contributed by atoms with Crippen LogP contribution >= 0.6 is 0 Å². The topological polar surface area (TPSA) is 32.3 Å². The van der Waals surface area contributed by atoms with Crippen molar-refractivity contribution in [1.29, 1.82) is 0 Å². The first-order chi connectivity index (χ1) is 12.4.